The number of fused-ring (bicyclic) bond motifs is 1. The van der Waals surface area contributed by atoms with E-state index in [1.807, 2.05) is 31.3 Å². The molecule has 0 radical (unpaired) electrons. The summed E-state index contributed by atoms with van der Waals surface area (Å²) in [6.07, 6.45) is 0. The van der Waals surface area contributed by atoms with Crippen LogP contribution in [-0.4, -0.2) is 22.8 Å². The van der Waals surface area contributed by atoms with Gasteiger partial charge in [0.25, 0.3) is 5.91 Å². The van der Waals surface area contributed by atoms with Gasteiger partial charge in [0.2, 0.25) is 0 Å². The lowest BCUT2D eigenvalue weighted by Gasteiger charge is -2.05. The van der Waals surface area contributed by atoms with Crippen molar-refractivity contribution in [1.82, 2.24) is 9.78 Å². The highest BCUT2D eigenvalue weighted by molar-refractivity contribution is 7.20. The monoisotopic (exact) mass is 415 g/mol. The fraction of sp³-hybridized carbons (Fsp3) is 0.100. The smallest absolute Gasteiger partial charge is 0.265 e. The second-order valence-electron chi connectivity index (χ2n) is 6.11. The molecule has 28 heavy (non-hydrogen) atoms. The molecular formula is C20H15ClFN3O2S. The van der Waals surface area contributed by atoms with Crippen molar-refractivity contribution in [3.63, 3.8) is 0 Å². The summed E-state index contributed by atoms with van der Waals surface area (Å²) < 4.78 is 20.2. The number of benzene rings is 2. The largest absolute Gasteiger partial charge is 0.497 e. The molecule has 0 spiro atoms. The topological polar surface area (TPSA) is 56.2 Å². The number of halogens is 2. The van der Waals surface area contributed by atoms with Gasteiger partial charge < -0.3 is 10.1 Å². The van der Waals surface area contributed by atoms with Gasteiger partial charge in [-0.15, -0.1) is 11.3 Å². The zero-order chi connectivity index (χ0) is 19.8. The maximum absolute atomic E-state index is 13.2. The first-order chi connectivity index (χ1) is 13.5. The van der Waals surface area contributed by atoms with Crippen LogP contribution in [-0.2, 0) is 7.05 Å². The van der Waals surface area contributed by atoms with Crippen molar-refractivity contribution in [3.05, 3.63) is 64.2 Å². The van der Waals surface area contributed by atoms with Gasteiger partial charge in [-0.05, 0) is 36.4 Å². The van der Waals surface area contributed by atoms with Crippen LogP contribution in [0.4, 0.5) is 10.1 Å². The molecule has 4 aromatic rings. The molecule has 8 heteroatoms. The lowest BCUT2D eigenvalue weighted by molar-refractivity contribution is 0.103. The highest BCUT2D eigenvalue weighted by Gasteiger charge is 2.19. The van der Waals surface area contributed by atoms with Gasteiger partial charge in [0.05, 0.1) is 22.7 Å². The number of nitrogens with one attached hydrogen (secondary N) is 1. The summed E-state index contributed by atoms with van der Waals surface area (Å²) in [5.41, 5.74) is 2.03. The number of carbonyl (C=O) groups is 1. The van der Waals surface area contributed by atoms with E-state index in [9.17, 15) is 9.18 Å². The first-order valence-electron chi connectivity index (χ1n) is 8.33. The Morgan fingerprint density at radius 3 is 2.82 bits per heavy atom. The van der Waals surface area contributed by atoms with Crippen molar-refractivity contribution >= 4 is 44.7 Å². The van der Waals surface area contributed by atoms with Gasteiger partial charge in [0.1, 0.15) is 22.1 Å². The van der Waals surface area contributed by atoms with Crippen LogP contribution in [0.2, 0.25) is 5.02 Å². The standard InChI is InChI=1S/C20H15ClFN3O2S/c1-25-20-14(18(24-25)11-4-3-5-13(8-11)27-2)10-17(28-20)19(26)23-16-7-6-12(22)9-15(16)21/h3-10H,1-2H3,(H,23,26). The molecule has 0 aliphatic heterocycles. The highest BCUT2D eigenvalue weighted by atomic mass is 35.5. The minimum Gasteiger partial charge on any atom is -0.497 e. The van der Waals surface area contributed by atoms with Gasteiger partial charge in [0.15, 0.2) is 0 Å². The zero-order valence-electron chi connectivity index (χ0n) is 15.0. The Morgan fingerprint density at radius 1 is 1.25 bits per heavy atom. The third-order valence-electron chi connectivity index (χ3n) is 4.26. The van der Waals surface area contributed by atoms with E-state index in [1.165, 1.54) is 23.5 Å². The zero-order valence-corrected chi connectivity index (χ0v) is 16.6. The summed E-state index contributed by atoms with van der Waals surface area (Å²) in [5, 5.41) is 8.32. The molecule has 0 saturated carbocycles. The third kappa shape index (κ3) is 3.34. The number of aryl methyl sites for hydroxylation is 1. The molecule has 4 rings (SSSR count). The lowest BCUT2D eigenvalue weighted by Crippen LogP contribution is -2.10. The Hall–Kier alpha value is -2.90. The van der Waals surface area contributed by atoms with Crippen molar-refractivity contribution < 1.29 is 13.9 Å². The van der Waals surface area contributed by atoms with Crippen LogP contribution in [0, 0.1) is 5.82 Å². The molecule has 1 N–H and O–H groups in total. The van der Waals surface area contributed by atoms with Crippen LogP contribution >= 0.6 is 22.9 Å². The van der Waals surface area contributed by atoms with Crippen molar-refractivity contribution in [2.45, 2.75) is 0 Å². The summed E-state index contributed by atoms with van der Waals surface area (Å²) in [6, 6.07) is 13.2. The molecule has 0 bridgehead atoms. The molecule has 0 atom stereocenters. The van der Waals surface area contributed by atoms with E-state index in [0.29, 0.717) is 10.6 Å². The molecule has 0 fully saturated rings. The predicted molar refractivity (Wildman–Crippen MR) is 110 cm³/mol. The number of methoxy groups -OCH3 is 1. The Balaban J connectivity index is 1.70. The van der Waals surface area contributed by atoms with Gasteiger partial charge >= 0.3 is 0 Å². The molecule has 5 nitrogen and oxygen atoms in total. The predicted octanol–water partition coefficient (Wildman–Crippen LogP) is 5.36. The first-order valence-corrected chi connectivity index (χ1v) is 9.53. The Morgan fingerprint density at radius 2 is 2.07 bits per heavy atom. The minimum absolute atomic E-state index is 0.146. The van der Waals surface area contributed by atoms with E-state index in [-0.39, 0.29) is 10.9 Å². The average Bonchev–Trinajstić information content (AvgIpc) is 3.25. The van der Waals surface area contributed by atoms with Gasteiger partial charge in [-0.2, -0.15) is 5.10 Å². The molecule has 2 heterocycles. The number of rotatable bonds is 4. The van der Waals surface area contributed by atoms with Crippen LogP contribution in [0.15, 0.2) is 48.5 Å². The second kappa shape index (κ2) is 7.26. The minimum atomic E-state index is -0.459. The molecule has 0 aliphatic carbocycles. The molecule has 0 aliphatic rings. The summed E-state index contributed by atoms with van der Waals surface area (Å²) in [6.45, 7) is 0. The van der Waals surface area contributed by atoms with Gasteiger partial charge in [0, 0.05) is 18.0 Å². The molecule has 1 amide bonds. The van der Waals surface area contributed by atoms with E-state index in [0.717, 1.165) is 33.3 Å². The number of thiophene rings is 1. The number of amides is 1. The third-order valence-corrected chi connectivity index (χ3v) is 5.77. The second-order valence-corrected chi connectivity index (χ2v) is 7.55. The lowest BCUT2D eigenvalue weighted by atomic mass is 10.1. The van der Waals surface area contributed by atoms with E-state index in [1.54, 1.807) is 17.9 Å². The highest BCUT2D eigenvalue weighted by Crippen LogP contribution is 2.35. The van der Waals surface area contributed by atoms with E-state index in [2.05, 4.69) is 10.4 Å². The van der Waals surface area contributed by atoms with Crippen molar-refractivity contribution in [2.75, 3.05) is 12.4 Å². The Labute approximate surface area is 169 Å². The van der Waals surface area contributed by atoms with Gasteiger partial charge in [-0.1, -0.05) is 23.7 Å². The van der Waals surface area contributed by atoms with E-state index >= 15 is 0 Å². The quantitative estimate of drug-likeness (QED) is 0.488. The molecular weight excluding hydrogens is 401 g/mol. The van der Waals surface area contributed by atoms with Gasteiger partial charge in [-0.3, -0.25) is 9.48 Å². The number of hydrogen-bond acceptors (Lipinski definition) is 4. The molecule has 2 aromatic carbocycles. The maximum Gasteiger partial charge on any atom is 0.265 e. The molecule has 0 unspecified atom stereocenters. The average molecular weight is 416 g/mol. The summed E-state index contributed by atoms with van der Waals surface area (Å²) >= 11 is 7.33. The van der Waals surface area contributed by atoms with E-state index in [4.69, 9.17) is 16.3 Å². The number of aromatic nitrogens is 2. The van der Waals surface area contributed by atoms with Crippen LogP contribution in [0.25, 0.3) is 21.5 Å². The van der Waals surface area contributed by atoms with Crippen LogP contribution in [0.3, 0.4) is 0 Å². The molecule has 2 aromatic heterocycles. The van der Waals surface area contributed by atoms with Crippen molar-refractivity contribution in [2.24, 2.45) is 7.05 Å². The number of carbonyl (C=O) groups excluding carboxylic acids is 1. The van der Waals surface area contributed by atoms with E-state index < -0.39 is 5.82 Å². The summed E-state index contributed by atoms with van der Waals surface area (Å²) in [7, 11) is 3.45. The normalized spacial score (nSPS) is 11.0. The number of anilines is 1. The van der Waals surface area contributed by atoms with Crippen LogP contribution in [0.5, 0.6) is 5.75 Å². The number of nitrogens with zero attached hydrogens (tertiary/aromatic N) is 2. The van der Waals surface area contributed by atoms with Gasteiger partial charge in [-0.25, -0.2) is 4.39 Å². The summed E-state index contributed by atoms with van der Waals surface area (Å²) in [5.74, 6) is -0.0411. The van der Waals surface area contributed by atoms with Crippen LogP contribution in [0.1, 0.15) is 9.67 Å². The fourth-order valence-electron chi connectivity index (χ4n) is 2.91. The summed E-state index contributed by atoms with van der Waals surface area (Å²) in [4.78, 5) is 14.1. The molecule has 0 saturated heterocycles. The van der Waals surface area contributed by atoms with Crippen molar-refractivity contribution in [1.29, 1.82) is 0 Å². The Bertz CT molecular complexity index is 1200. The molecule has 142 valence electrons. The van der Waals surface area contributed by atoms with Crippen molar-refractivity contribution in [3.8, 4) is 17.0 Å². The fourth-order valence-corrected chi connectivity index (χ4v) is 4.09. The Kier molecular flexibility index (Phi) is 4.78. The number of ether oxygens (including phenoxy) is 1. The number of hydrogen-bond donors (Lipinski definition) is 1. The SMILES string of the molecule is COc1cccc(-c2nn(C)c3sc(C(=O)Nc4ccc(F)cc4Cl)cc23)c1. The maximum atomic E-state index is 13.2. The van der Waals surface area contributed by atoms with Crippen LogP contribution < -0.4 is 10.1 Å². The first kappa shape index (κ1) is 18.5.